The molecule has 164 valence electrons. The van der Waals surface area contributed by atoms with Crippen LogP contribution < -0.4 is 9.64 Å². The number of nitrogens with zero attached hydrogens (tertiary/aromatic N) is 1. The van der Waals surface area contributed by atoms with Crippen LogP contribution in [0.15, 0.2) is 53.4 Å². The highest BCUT2D eigenvalue weighted by molar-refractivity contribution is 7.10. The number of hydrogen-bond acceptors (Lipinski definition) is 5. The van der Waals surface area contributed by atoms with E-state index in [-0.39, 0.29) is 17.0 Å². The molecule has 0 radical (unpaired) electrons. The van der Waals surface area contributed by atoms with E-state index in [2.05, 4.69) is 0 Å². The Labute approximate surface area is 187 Å². The third kappa shape index (κ3) is 3.46. The van der Waals surface area contributed by atoms with Crippen molar-refractivity contribution >= 4 is 34.5 Å². The standard InChI is InChI=1S/C24H19F2NO4S/c1-12-8-9-32-23(12)20-19(21(28)16-6-5-15(31-3)10-13(16)2)22(29)24(30)27(20)14-4-7-17(25)18(26)11-14/h4-11,20,28H,1-3H3/b21-19-. The van der Waals surface area contributed by atoms with Gasteiger partial charge in [0.15, 0.2) is 11.6 Å². The van der Waals surface area contributed by atoms with Gasteiger partial charge >= 0.3 is 0 Å². The van der Waals surface area contributed by atoms with E-state index in [0.717, 1.165) is 22.6 Å². The van der Waals surface area contributed by atoms with Crippen molar-refractivity contribution in [3.05, 3.63) is 86.6 Å². The maximum Gasteiger partial charge on any atom is 0.300 e. The van der Waals surface area contributed by atoms with Crippen LogP contribution in [0.3, 0.4) is 0 Å². The molecule has 2 aromatic carbocycles. The Hall–Kier alpha value is -3.52. The van der Waals surface area contributed by atoms with Gasteiger partial charge in [0.25, 0.3) is 11.7 Å². The van der Waals surface area contributed by atoms with Gasteiger partial charge in [-0.25, -0.2) is 8.78 Å². The number of halogens is 2. The van der Waals surface area contributed by atoms with E-state index in [1.807, 2.05) is 13.0 Å². The molecule has 1 N–H and O–H groups in total. The molecule has 5 nitrogen and oxygen atoms in total. The minimum absolute atomic E-state index is 0.0225. The number of ketones is 1. The minimum Gasteiger partial charge on any atom is -0.507 e. The summed E-state index contributed by atoms with van der Waals surface area (Å²) in [4.78, 5) is 27.9. The van der Waals surface area contributed by atoms with E-state index in [4.69, 9.17) is 4.74 Å². The van der Waals surface area contributed by atoms with Gasteiger partial charge in [-0.1, -0.05) is 0 Å². The lowest BCUT2D eigenvalue weighted by molar-refractivity contribution is -0.132. The predicted octanol–water partition coefficient (Wildman–Crippen LogP) is 5.28. The van der Waals surface area contributed by atoms with Crippen LogP contribution >= 0.6 is 11.3 Å². The van der Waals surface area contributed by atoms with Crippen LogP contribution in [0, 0.1) is 25.5 Å². The lowest BCUT2D eigenvalue weighted by atomic mass is 9.96. The molecule has 0 spiro atoms. The van der Waals surface area contributed by atoms with E-state index in [1.54, 1.807) is 30.5 Å². The number of ether oxygens (including phenoxy) is 1. The molecule has 1 unspecified atom stereocenters. The molecule has 1 amide bonds. The zero-order chi connectivity index (χ0) is 23.2. The lowest BCUT2D eigenvalue weighted by Crippen LogP contribution is -2.29. The molecule has 8 heteroatoms. The number of methoxy groups -OCH3 is 1. The number of amides is 1. The van der Waals surface area contributed by atoms with Gasteiger partial charge in [-0.3, -0.25) is 14.5 Å². The molecule has 1 aromatic heterocycles. The summed E-state index contributed by atoms with van der Waals surface area (Å²) in [6.45, 7) is 3.56. The first-order valence-electron chi connectivity index (χ1n) is 9.69. The van der Waals surface area contributed by atoms with E-state index < -0.39 is 29.4 Å². The molecule has 1 aliphatic heterocycles. The average molecular weight is 455 g/mol. The van der Waals surface area contributed by atoms with Crippen LogP contribution in [0.5, 0.6) is 5.75 Å². The maximum absolute atomic E-state index is 14.0. The fraction of sp³-hybridized carbons (Fsp3) is 0.167. The Morgan fingerprint density at radius 1 is 1.03 bits per heavy atom. The number of benzene rings is 2. The van der Waals surface area contributed by atoms with Crippen molar-refractivity contribution in [2.45, 2.75) is 19.9 Å². The molecular weight excluding hydrogens is 436 g/mol. The molecule has 2 heterocycles. The number of aliphatic hydroxyl groups is 1. The Morgan fingerprint density at radius 3 is 2.38 bits per heavy atom. The Kier molecular flexibility index (Phi) is 5.56. The summed E-state index contributed by atoms with van der Waals surface area (Å²) >= 11 is 1.30. The van der Waals surface area contributed by atoms with Crippen LogP contribution in [-0.2, 0) is 9.59 Å². The molecule has 1 atom stereocenters. The Morgan fingerprint density at radius 2 is 1.78 bits per heavy atom. The van der Waals surface area contributed by atoms with Crippen molar-refractivity contribution in [1.82, 2.24) is 0 Å². The number of Topliss-reactive ketones (excluding diaryl/α,β-unsaturated/α-hetero) is 1. The fourth-order valence-corrected chi connectivity index (χ4v) is 4.85. The number of carbonyl (C=O) groups is 2. The molecule has 1 fully saturated rings. The van der Waals surface area contributed by atoms with Crippen LogP contribution in [0.1, 0.15) is 27.6 Å². The number of rotatable bonds is 4. The predicted molar refractivity (Wildman–Crippen MR) is 118 cm³/mol. The number of thiophene rings is 1. The first-order chi connectivity index (χ1) is 15.2. The third-order valence-corrected chi connectivity index (χ3v) is 6.54. The van der Waals surface area contributed by atoms with Crippen LogP contribution in [0.25, 0.3) is 5.76 Å². The lowest BCUT2D eigenvalue weighted by Gasteiger charge is -2.25. The van der Waals surface area contributed by atoms with Crippen LogP contribution in [0.4, 0.5) is 14.5 Å². The third-order valence-electron chi connectivity index (χ3n) is 5.46. The Balaban J connectivity index is 1.96. The number of aliphatic hydroxyl groups excluding tert-OH is 1. The maximum atomic E-state index is 14.0. The molecule has 1 aliphatic rings. The van der Waals surface area contributed by atoms with Crippen molar-refractivity contribution < 1.29 is 28.2 Å². The van der Waals surface area contributed by atoms with Crippen molar-refractivity contribution in [1.29, 1.82) is 0 Å². The highest BCUT2D eigenvalue weighted by Gasteiger charge is 2.48. The molecule has 1 saturated heterocycles. The summed E-state index contributed by atoms with van der Waals surface area (Å²) in [6, 6.07) is 8.78. The van der Waals surface area contributed by atoms with Gasteiger partial charge in [0.05, 0.1) is 12.7 Å². The van der Waals surface area contributed by atoms with Gasteiger partial charge in [0.1, 0.15) is 17.6 Å². The van der Waals surface area contributed by atoms with Crippen molar-refractivity contribution in [3.8, 4) is 5.75 Å². The zero-order valence-electron chi connectivity index (χ0n) is 17.5. The first kappa shape index (κ1) is 21.7. The molecule has 32 heavy (non-hydrogen) atoms. The van der Waals surface area contributed by atoms with E-state index in [9.17, 15) is 23.5 Å². The second-order valence-electron chi connectivity index (χ2n) is 7.42. The summed E-state index contributed by atoms with van der Waals surface area (Å²) in [5.74, 6) is -3.81. The number of hydrogen-bond donors (Lipinski definition) is 1. The van der Waals surface area contributed by atoms with Crippen LogP contribution in [-0.4, -0.2) is 23.9 Å². The van der Waals surface area contributed by atoms with Crippen molar-refractivity contribution in [2.24, 2.45) is 0 Å². The SMILES string of the molecule is COc1ccc(/C(O)=C2/C(=O)C(=O)N(c3ccc(F)c(F)c3)C2c2sccc2C)c(C)c1. The largest absolute Gasteiger partial charge is 0.507 e. The quantitative estimate of drug-likeness (QED) is 0.330. The zero-order valence-corrected chi connectivity index (χ0v) is 18.3. The van der Waals surface area contributed by atoms with Gasteiger partial charge in [0.2, 0.25) is 0 Å². The second-order valence-corrected chi connectivity index (χ2v) is 8.36. The first-order valence-corrected chi connectivity index (χ1v) is 10.6. The van der Waals surface area contributed by atoms with Crippen molar-refractivity contribution in [3.63, 3.8) is 0 Å². The highest BCUT2D eigenvalue weighted by atomic mass is 32.1. The number of anilines is 1. The summed E-state index contributed by atoms with van der Waals surface area (Å²) in [6.07, 6.45) is 0. The molecule has 0 saturated carbocycles. The smallest absolute Gasteiger partial charge is 0.300 e. The monoisotopic (exact) mass is 455 g/mol. The molecular formula is C24H19F2NO4S. The minimum atomic E-state index is -1.14. The second kappa shape index (κ2) is 8.20. The summed E-state index contributed by atoms with van der Waals surface area (Å²) < 4.78 is 32.7. The van der Waals surface area contributed by atoms with Gasteiger partial charge in [-0.15, -0.1) is 11.3 Å². The van der Waals surface area contributed by atoms with E-state index in [0.29, 0.717) is 21.8 Å². The van der Waals surface area contributed by atoms with E-state index >= 15 is 0 Å². The molecule has 0 bridgehead atoms. The summed E-state index contributed by atoms with van der Waals surface area (Å²) in [7, 11) is 1.52. The molecule has 3 aromatic rings. The number of carbonyl (C=O) groups excluding carboxylic acids is 2. The molecule has 4 rings (SSSR count). The summed E-state index contributed by atoms with van der Waals surface area (Å²) in [5.41, 5.74) is 1.72. The van der Waals surface area contributed by atoms with E-state index in [1.165, 1.54) is 24.5 Å². The molecule has 0 aliphatic carbocycles. The topological polar surface area (TPSA) is 66.8 Å². The Bertz CT molecular complexity index is 1280. The average Bonchev–Trinajstić information content (AvgIpc) is 3.30. The van der Waals surface area contributed by atoms with Gasteiger partial charge in [-0.2, -0.15) is 0 Å². The summed E-state index contributed by atoms with van der Waals surface area (Å²) in [5, 5.41) is 13.0. The van der Waals surface area contributed by atoms with Crippen LogP contribution in [0.2, 0.25) is 0 Å². The fourth-order valence-electron chi connectivity index (χ4n) is 3.82. The van der Waals surface area contributed by atoms with Crippen molar-refractivity contribution in [2.75, 3.05) is 12.0 Å². The van der Waals surface area contributed by atoms with Gasteiger partial charge < -0.3 is 9.84 Å². The normalized spacial score (nSPS) is 17.8. The number of aryl methyl sites for hydroxylation is 2. The van der Waals surface area contributed by atoms with Gasteiger partial charge in [-0.05, 0) is 66.8 Å². The van der Waals surface area contributed by atoms with Gasteiger partial charge in [0, 0.05) is 22.2 Å². The highest BCUT2D eigenvalue weighted by Crippen LogP contribution is 2.45.